The molecule has 0 spiro atoms. The van der Waals surface area contributed by atoms with E-state index in [1.165, 1.54) is 51.0 Å². The Morgan fingerprint density at radius 3 is 2.66 bits per heavy atom. The van der Waals surface area contributed by atoms with Gasteiger partial charge in [-0.1, -0.05) is 69.2 Å². The molecule has 0 aromatic rings. The van der Waals surface area contributed by atoms with Gasteiger partial charge in [-0.2, -0.15) is 0 Å². The molecule has 198 valence electrons. The highest BCUT2D eigenvalue weighted by atomic mass is 35.5. The smallest absolute Gasteiger partial charge is 0.302 e. The topological polar surface area (TPSA) is 94.2 Å². The third-order valence-electron chi connectivity index (χ3n) is 6.78. The average Bonchev–Trinajstić information content (AvgIpc) is 3.59. The third kappa shape index (κ3) is 9.03. The number of Topliss-reactive ketones (excluding diaryl/α,β-unsaturated/α-hetero) is 1. The van der Waals surface area contributed by atoms with Gasteiger partial charge in [-0.05, 0) is 25.7 Å². The van der Waals surface area contributed by atoms with Crippen molar-refractivity contribution in [2.75, 3.05) is 13.7 Å². The molecule has 4 atom stereocenters. The molecule has 8 heteroatoms. The molecular formula is C27H42ClNO6. The maximum Gasteiger partial charge on any atom is 0.302 e. The van der Waals surface area contributed by atoms with E-state index in [4.69, 9.17) is 25.8 Å². The van der Waals surface area contributed by atoms with Gasteiger partial charge in [-0.25, -0.2) is 0 Å². The van der Waals surface area contributed by atoms with Crippen LogP contribution in [0.25, 0.3) is 0 Å². The average molecular weight is 512 g/mol. The minimum absolute atomic E-state index is 0.0939. The molecule has 2 fully saturated rings. The van der Waals surface area contributed by atoms with Crippen molar-refractivity contribution in [1.29, 1.82) is 0 Å². The second-order valence-electron chi connectivity index (χ2n) is 9.45. The predicted octanol–water partition coefficient (Wildman–Crippen LogP) is 5.15. The number of rotatable bonds is 17. The van der Waals surface area contributed by atoms with Gasteiger partial charge in [0.05, 0.1) is 6.10 Å². The highest BCUT2D eigenvalue weighted by Gasteiger charge is 2.69. The number of carbonyl (C=O) groups excluding carboxylic acids is 3. The van der Waals surface area contributed by atoms with E-state index in [9.17, 15) is 14.4 Å². The van der Waals surface area contributed by atoms with Gasteiger partial charge in [-0.3, -0.25) is 14.4 Å². The Balaban J connectivity index is 1.67. The lowest BCUT2D eigenvalue weighted by Gasteiger charge is -2.24. The van der Waals surface area contributed by atoms with Crippen LogP contribution in [0.4, 0.5) is 0 Å². The van der Waals surface area contributed by atoms with Crippen LogP contribution in [0.2, 0.25) is 0 Å². The molecular weight excluding hydrogens is 470 g/mol. The number of epoxide rings is 1. The molecule has 1 aliphatic heterocycles. The zero-order chi connectivity index (χ0) is 25.7. The fraction of sp³-hybridized carbons (Fsp3) is 0.741. The summed E-state index contributed by atoms with van der Waals surface area (Å²) in [7, 11) is 1.75. The molecule has 1 aliphatic carbocycles. The number of ether oxygens (including phenoxy) is 3. The standard InChI is InChI=1S/C27H42ClNO6/c1-4-5-6-7-8-10-13-22(33-3)14-11-9-12-15-25(32)29-19-21(18-28)27-24(31)17-16-23(26(27)35-27)34-20(2)30/h9,11,18,22-23,26H,4-8,10,12-17,19H2,1-3H3,(H,29,32)/b11-9+,21-18-/t22-,23+,26-,27+/m0/s1. The Morgan fingerprint density at radius 1 is 1.23 bits per heavy atom. The zero-order valence-corrected chi connectivity index (χ0v) is 22.2. The molecule has 0 radical (unpaired) electrons. The maximum atomic E-state index is 12.6. The van der Waals surface area contributed by atoms with E-state index < -0.39 is 23.8 Å². The third-order valence-corrected chi connectivity index (χ3v) is 7.05. The first kappa shape index (κ1) is 29.5. The van der Waals surface area contributed by atoms with Crippen molar-refractivity contribution in [1.82, 2.24) is 5.32 Å². The van der Waals surface area contributed by atoms with Crippen molar-refractivity contribution in [2.24, 2.45) is 0 Å². The molecule has 1 heterocycles. The van der Waals surface area contributed by atoms with Crippen LogP contribution >= 0.6 is 11.6 Å². The second-order valence-corrected chi connectivity index (χ2v) is 9.67. The molecule has 2 aliphatic rings. The van der Waals surface area contributed by atoms with Gasteiger partial charge >= 0.3 is 5.97 Å². The van der Waals surface area contributed by atoms with Crippen LogP contribution in [0.1, 0.15) is 90.9 Å². The molecule has 1 amide bonds. The highest BCUT2D eigenvalue weighted by Crippen LogP contribution is 2.51. The van der Waals surface area contributed by atoms with Crippen LogP contribution in [-0.2, 0) is 28.6 Å². The summed E-state index contributed by atoms with van der Waals surface area (Å²) in [4.78, 5) is 36.2. The van der Waals surface area contributed by atoms with Crippen LogP contribution in [-0.4, -0.2) is 55.2 Å². The first-order valence-corrected chi connectivity index (χ1v) is 13.4. The van der Waals surface area contributed by atoms with Crippen LogP contribution in [0.5, 0.6) is 0 Å². The number of methoxy groups -OCH3 is 1. The second kappa shape index (κ2) is 15.4. The van der Waals surface area contributed by atoms with Gasteiger partial charge in [0.25, 0.3) is 0 Å². The predicted molar refractivity (Wildman–Crippen MR) is 136 cm³/mol. The molecule has 1 saturated heterocycles. The number of hydrogen-bond donors (Lipinski definition) is 1. The molecule has 7 nitrogen and oxygen atoms in total. The summed E-state index contributed by atoms with van der Waals surface area (Å²) in [5, 5.41) is 2.83. The van der Waals surface area contributed by atoms with Gasteiger partial charge in [0.2, 0.25) is 5.91 Å². The van der Waals surface area contributed by atoms with E-state index in [0.29, 0.717) is 24.8 Å². The normalized spacial score (nSPS) is 24.8. The lowest BCUT2D eigenvalue weighted by molar-refractivity contribution is -0.149. The van der Waals surface area contributed by atoms with Crippen molar-refractivity contribution in [3.05, 3.63) is 23.3 Å². The van der Waals surface area contributed by atoms with Gasteiger partial charge < -0.3 is 19.5 Å². The number of esters is 1. The minimum atomic E-state index is -1.18. The van der Waals surface area contributed by atoms with E-state index in [-0.39, 0.29) is 30.8 Å². The number of nitrogens with one attached hydrogen (secondary N) is 1. The Hall–Kier alpha value is -1.70. The number of allylic oxidation sites excluding steroid dienone is 1. The van der Waals surface area contributed by atoms with E-state index in [1.807, 2.05) is 6.08 Å². The van der Waals surface area contributed by atoms with Crippen LogP contribution in [0.15, 0.2) is 23.3 Å². The van der Waals surface area contributed by atoms with E-state index in [0.717, 1.165) is 12.8 Å². The molecule has 0 aromatic heterocycles. The first-order chi connectivity index (χ1) is 16.9. The molecule has 0 bridgehead atoms. The number of hydrogen-bond acceptors (Lipinski definition) is 6. The minimum Gasteiger partial charge on any atom is -0.460 e. The Morgan fingerprint density at radius 2 is 1.97 bits per heavy atom. The number of carbonyl (C=O) groups is 3. The zero-order valence-electron chi connectivity index (χ0n) is 21.5. The number of ketones is 1. The molecule has 1 saturated carbocycles. The van der Waals surface area contributed by atoms with E-state index in [1.54, 1.807) is 7.11 Å². The lowest BCUT2D eigenvalue weighted by Crippen LogP contribution is -2.43. The van der Waals surface area contributed by atoms with Crippen LogP contribution < -0.4 is 5.32 Å². The SMILES string of the molecule is CCCCCCCC[C@@H](C/C=C/CCC(=O)NC/C(=C/Cl)[C@]12O[C@H]1[C@H](OC(C)=O)CCC2=O)OC. The summed E-state index contributed by atoms with van der Waals surface area (Å²) in [6, 6.07) is 0. The summed E-state index contributed by atoms with van der Waals surface area (Å²) in [6.45, 7) is 3.67. The number of unbranched alkanes of at least 4 members (excludes halogenated alkanes) is 5. The Bertz CT molecular complexity index is 767. The first-order valence-electron chi connectivity index (χ1n) is 13.0. The van der Waals surface area contributed by atoms with Crippen LogP contribution in [0, 0.1) is 0 Å². The molecule has 0 aromatic carbocycles. The molecule has 2 rings (SSSR count). The van der Waals surface area contributed by atoms with E-state index >= 15 is 0 Å². The highest BCUT2D eigenvalue weighted by molar-refractivity contribution is 6.26. The van der Waals surface area contributed by atoms with Crippen molar-refractivity contribution < 1.29 is 28.6 Å². The number of fused-ring (bicyclic) bond motifs is 1. The lowest BCUT2D eigenvalue weighted by atomic mass is 9.81. The van der Waals surface area contributed by atoms with Gasteiger partial charge in [-0.15, -0.1) is 0 Å². The number of amides is 1. The quantitative estimate of drug-likeness (QED) is 0.126. The van der Waals surface area contributed by atoms with E-state index in [2.05, 4.69) is 18.3 Å². The Labute approximate surface area is 215 Å². The maximum absolute atomic E-state index is 12.6. The summed E-state index contributed by atoms with van der Waals surface area (Å²) in [5.41, 5.74) is 0.606. The van der Waals surface area contributed by atoms with Crippen LogP contribution in [0.3, 0.4) is 0 Å². The largest absolute Gasteiger partial charge is 0.460 e. The molecule has 1 N–H and O–H groups in total. The number of halogens is 1. The van der Waals surface area contributed by atoms with Crippen molar-refractivity contribution in [3.63, 3.8) is 0 Å². The monoisotopic (exact) mass is 511 g/mol. The summed E-state index contributed by atoms with van der Waals surface area (Å²) in [6.07, 6.45) is 14.5. The fourth-order valence-corrected chi connectivity index (χ4v) is 4.95. The Kier molecular flexibility index (Phi) is 13.0. The van der Waals surface area contributed by atoms with Gasteiger partial charge in [0.15, 0.2) is 11.4 Å². The van der Waals surface area contributed by atoms with Crippen molar-refractivity contribution in [2.45, 2.75) is 115 Å². The van der Waals surface area contributed by atoms with Crippen molar-refractivity contribution in [3.8, 4) is 0 Å². The fourth-order valence-electron chi connectivity index (χ4n) is 4.71. The summed E-state index contributed by atoms with van der Waals surface area (Å²) >= 11 is 6.00. The van der Waals surface area contributed by atoms with Gasteiger partial charge in [0, 0.05) is 44.5 Å². The van der Waals surface area contributed by atoms with Gasteiger partial charge in [0.1, 0.15) is 12.2 Å². The molecule has 0 unspecified atom stereocenters. The summed E-state index contributed by atoms with van der Waals surface area (Å²) in [5.74, 6) is -0.635. The van der Waals surface area contributed by atoms with Crippen molar-refractivity contribution >= 4 is 29.3 Å². The summed E-state index contributed by atoms with van der Waals surface area (Å²) < 4.78 is 16.6. The molecule has 35 heavy (non-hydrogen) atoms.